The van der Waals surface area contributed by atoms with Gasteiger partial charge in [0, 0.05) is 21.5 Å². The molecule has 100 valence electrons. The number of hydrogen-bond acceptors (Lipinski definition) is 4. The van der Waals surface area contributed by atoms with Gasteiger partial charge in [-0.1, -0.05) is 0 Å². The summed E-state index contributed by atoms with van der Waals surface area (Å²) in [5.74, 6) is 1.52. The zero-order chi connectivity index (χ0) is 13.2. The van der Waals surface area contributed by atoms with Crippen molar-refractivity contribution < 1.29 is 0 Å². The maximum Gasteiger partial charge on any atom is 0.132 e. The molecule has 3 heterocycles. The van der Waals surface area contributed by atoms with Crippen LogP contribution in [0.5, 0.6) is 0 Å². The maximum absolute atomic E-state index is 4.79. The van der Waals surface area contributed by atoms with E-state index in [2.05, 4.69) is 50.7 Å². The summed E-state index contributed by atoms with van der Waals surface area (Å²) in [4.78, 5) is 10.6. The zero-order valence-electron chi connectivity index (χ0n) is 10.8. The molecule has 1 aliphatic heterocycles. The minimum atomic E-state index is 0.503. The van der Waals surface area contributed by atoms with Crippen LogP contribution in [-0.2, 0) is 0 Å². The molecule has 0 unspecified atom stereocenters. The van der Waals surface area contributed by atoms with Crippen LogP contribution >= 0.6 is 27.3 Å². The second kappa shape index (κ2) is 5.69. The van der Waals surface area contributed by atoms with Crippen LogP contribution in [-0.4, -0.2) is 23.1 Å². The molecule has 1 fully saturated rings. The number of aromatic nitrogens is 2. The Morgan fingerprint density at radius 3 is 2.74 bits per heavy atom. The van der Waals surface area contributed by atoms with Crippen LogP contribution in [0.1, 0.15) is 30.3 Å². The lowest BCUT2D eigenvalue weighted by atomic mass is 9.97. The van der Waals surface area contributed by atoms with Crippen molar-refractivity contribution in [1.82, 2.24) is 15.3 Å². The number of aryl methyl sites for hydroxylation is 1. The zero-order valence-corrected chi connectivity index (χ0v) is 13.2. The van der Waals surface area contributed by atoms with Gasteiger partial charge in [0.25, 0.3) is 0 Å². The van der Waals surface area contributed by atoms with Crippen molar-refractivity contribution in [3.63, 3.8) is 0 Å². The normalized spacial score (nSPS) is 16.7. The van der Waals surface area contributed by atoms with Gasteiger partial charge < -0.3 is 5.32 Å². The smallest absolute Gasteiger partial charge is 0.132 e. The quantitative estimate of drug-likeness (QED) is 0.906. The number of nitrogens with one attached hydrogen (secondary N) is 1. The Labute approximate surface area is 125 Å². The van der Waals surface area contributed by atoms with Crippen molar-refractivity contribution in [3.05, 3.63) is 33.5 Å². The molecule has 1 saturated heterocycles. The molecule has 0 aromatic carbocycles. The first kappa shape index (κ1) is 13.2. The van der Waals surface area contributed by atoms with Crippen molar-refractivity contribution in [2.75, 3.05) is 13.1 Å². The maximum atomic E-state index is 4.79. The molecule has 0 atom stereocenters. The highest BCUT2D eigenvalue weighted by molar-refractivity contribution is 9.10. The van der Waals surface area contributed by atoms with E-state index in [1.54, 1.807) is 11.3 Å². The standard InChI is InChI=1S/C14H16BrN3S/c1-9-6-12(13-7-11(15)8-19-13)18-14(17-9)10-2-4-16-5-3-10/h6-8,10,16H,2-5H2,1H3. The molecule has 0 amide bonds. The summed E-state index contributed by atoms with van der Waals surface area (Å²) in [5.41, 5.74) is 2.11. The molecule has 2 aromatic heterocycles. The van der Waals surface area contributed by atoms with Gasteiger partial charge in [0.05, 0.1) is 10.6 Å². The van der Waals surface area contributed by atoms with Crippen molar-refractivity contribution in [2.24, 2.45) is 0 Å². The Kier molecular flexibility index (Phi) is 3.96. The summed E-state index contributed by atoms with van der Waals surface area (Å²) in [6.45, 7) is 4.20. The van der Waals surface area contributed by atoms with E-state index in [0.29, 0.717) is 5.92 Å². The van der Waals surface area contributed by atoms with E-state index in [0.717, 1.165) is 47.6 Å². The van der Waals surface area contributed by atoms with Crippen LogP contribution in [0, 0.1) is 6.92 Å². The van der Waals surface area contributed by atoms with Crippen molar-refractivity contribution in [1.29, 1.82) is 0 Å². The Balaban J connectivity index is 1.95. The molecule has 1 N–H and O–H groups in total. The third kappa shape index (κ3) is 3.04. The van der Waals surface area contributed by atoms with Gasteiger partial charge in [0.1, 0.15) is 5.82 Å². The fourth-order valence-electron chi connectivity index (χ4n) is 2.43. The van der Waals surface area contributed by atoms with Crippen LogP contribution in [0.15, 0.2) is 22.0 Å². The molecule has 0 saturated carbocycles. The average molecular weight is 338 g/mol. The van der Waals surface area contributed by atoms with E-state index in [4.69, 9.17) is 4.98 Å². The number of thiophene rings is 1. The predicted octanol–water partition coefficient (Wildman–Crippen LogP) is 3.74. The van der Waals surface area contributed by atoms with Gasteiger partial charge in [0.2, 0.25) is 0 Å². The summed E-state index contributed by atoms with van der Waals surface area (Å²) in [6.07, 6.45) is 2.27. The van der Waals surface area contributed by atoms with Crippen LogP contribution in [0.2, 0.25) is 0 Å². The van der Waals surface area contributed by atoms with Crippen molar-refractivity contribution in [3.8, 4) is 10.6 Å². The van der Waals surface area contributed by atoms with Crippen molar-refractivity contribution in [2.45, 2.75) is 25.7 Å². The fourth-order valence-corrected chi connectivity index (χ4v) is 3.82. The largest absolute Gasteiger partial charge is 0.317 e. The molecule has 0 bridgehead atoms. The monoisotopic (exact) mass is 337 g/mol. The molecule has 3 rings (SSSR count). The second-order valence-electron chi connectivity index (χ2n) is 4.91. The Morgan fingerprint density at radius 2 is 2.05 bits per heavy atom. The molecule has 0 aliphatic carbocycles. The van der Waals surface area contributed by atoms with Crippen LogP contribution < -0.4 is 5.32 Å². The van der Waals surface area contributed by atoms with Gasteiger partial charge >= 0.3 is 0 Å². The molecular weight excluding hydrogens is 322 g/mol. The van der Waals surface area contributed by atoms with E-state index >= 15 is 0 Å². The van der Waals surface area contributed by atoms with E-state index in [1.165, 1.54) is 4.88 Å². The van der Waals surface area contributed by atoms with Crippen molar-refractivity contribution >= 4 is 27.3 Å². The van der Waals surface area contributed by atoms with E-state index in [1.807, 2.05) is 0 Å². The third-order valence-corrected chi connectivity index (χ3v) is 5.11. The topological polar surface area (TPSA) is 37.8 Å². The molecule has 1 aliphatic rings. The van der Waals surface area contributed by atoms with Crippen LogP contribution in [0.25, 0.3) is 10.6 Å². The van der Waals surface area contributed by atoms with Gasteiger partial charge in [-0.2, -0.15) is 0 Å². The predicted molar refractivity (Wildman–Crippen MR) is 82.6 cm³/mol. The SMILES string of the molecule is Cc1cc(-c2cc(Br)cs2)nc(C2CCNCC2)n1. The summed E-state index contributed by atoms with van der Waals surface area (Å²) < 4.78 is 1.12. The Bertz CT molecular complexity index is 576. The Morgan fingerprint density at radius 1 is 1.26 bits per heavy atom. The molecule has 19 heavy (non-hydrogen) atoms. The highest BCUT2D eigenvalue weighted by atomic mass is 79.9. The summed E-state index contributed by atoms with van der Waals surface area (Å²) in [7, 11) is 0. The lowest BCUT2D eigenvalue weighted by Crippen LogP contribution is -2.27. The molecular formula is C14H16BrN3S. The number of halogens is 1. The number of hydrogen-bond donors (Lipinski definition) is 1. The minimum absolute atomic E-state index is 0.503. The molecule has 2 aromatic rings. The van der Waals surface area contributed by atoms with Gasteiger partial charge in [0.15, 0.2) is 0 Å². The third-order valence-electron chi connectivity index (χ3n) is 3.40. The van der Waals surface area contributed by atoms with Gasteiger partial charge in [-0.15, -0.1) is 11.3 Å². The van der Waals surface area contributed by atoms with E-state index < -0.39 is 0 Å². The number of nitrogens with zero attached hydrogens (tertiary/aromatic N) is 2. The second-order valence-corrected chi connectivity index (χ2v) is 6.73. The summed E-state index contributed by atoms with van der Waals surface area (Å²) in [5, 5.41) is 5.48. The molecule has 0 radical (unpaired) electrons. The lowest BCUT2D eigenvalue weighted by molar-refractivity contribution is 0.444. The molecule has 3 nitrogen and oxygen atoms in total. The van der Waals surface area contributed by atoms with Gasteiger partial charge in [-0.05, 0) is 60.9 Å². The van der Waals surface area contributed by atoms with E-state index in [9.17, 15) is 0 Å². The summed E-state index contributed by atoms with van der Waals surface area (Å²) in [6, 6.07) is 4.20. The highest BCUT2D eigenvalue weighted by Crippen LogP contribution is 2.30. The van der Waals surface area contributed by atoms with E-state index in [-0.39, 0.29) is 0 Å². The number of rotatable bonds is 2. The van der Waals surface area contributed by atoms with Crippen LogP contribution in [0.3, 0.4) is 0 Å². The minimum Gasteiger partial charge on any atom is -0.317 e. The molecule has 5 heteroatoms. The number of piperidine rings is 1. The summed E-state index contributed by atoms with van der Waals surface area (Å²) >= 11 is 5.22. The lowest BCUT2D eigenvalue weighted by Gasteiger charge is -2.21. The van der Waals surface area contributed by atoms with Gasteiger partial charge in [-0.3, -0.25) is 0 Å². The fraction of sp³-hybridized carbons (Fsp3) is 0.429. The average Bonchev–Trinajstić information content (AvgIpc) is 2.86. The first-order chi connectivity index (χ1) is 9.22. The molecule has 0 spiro atoms. The Hall–Kier alpha value is -0.780. The first-order valence-corrected chi connectivity index (χ1v) is 8.20. The first-order valence-electron chi connectivity index (χ1n) is 6.53. The highest BCUT2D eigenvalue weighted by Gasteiger charge is 2.19. The van der Waals surface area contributed by atoms with Crippen LogP contribution in [0.4, 0.5) is 0 Å². The van der Waals surface area contributed by atoms with Gasteiger partial charge in [-0.25, -0.2) is 9.97 Å².